The van der Waals surface area contributed by atoms with Crippen LogP contribution in [-0.4, -0.2) is 26.2 Å². The van der Waals surface area contributed by atoms with Gasteiger partial charge in [-0.3, -0.25) is 0 Å². The molecule has 0 amide bonds. The molecule has 0 bridgehead atoms. The zero-order chi connectivity index (χ0) is 10.1. The van der Waals surface area contributed by atoms with Gasteiger partial charge in [0.15, 0.2) is 5.65 Å². The molecular formula is C7H8FN5O. The molecule has 7 heteroatoms. The molecule has 74 valence electrons. The van der Waals surface area contributed by atoms with E-state index in [4.69, 9.17) is 10.5 Å². The summed E-state index contributed by atoms with van der Waals surface area (Å²) in [5, 5.41) is 3.80. The predicted molar refractivity (Wildman–Crippen MR) is 46.3 cm³/mol. The van der Waals surface area contributed by atoms with Gasteiger partial charge in [0.05, 0.1) is 6.61 Å². The molecule has 0 spiro atoms. The van der Waals surface area contributed by atoms with E-state index in [1.807, 2.05) is 0 Å². The van der Waals surface area contributed by atoms with Gasteiger partial charge < -0.3 is 10.5 Å². The van der Waals surface area contributed by atoms with Crippen LogP contribution in [0.5, 0.6) is 6.01 Å². The quantitative estimate of drug-likeness (QED) is 0.698. The van der Waals surface area contributed by atoms with Gasteiger partial charge >= 0.3 is 6.01 Å². The van der Waals surface area contributed by atoms with Crippen LogP contribution in [-0.2, 0) is 0 Å². The normalized spacial score (nSPS) is 10.7. The van der Waals surface area contributed by atoms with Crippen LogP contribution < -0.4 is 10.5 Å². The lowest BCUT2D eigenvalue weighted by atomic mass is 10.6. The third-order valence-corrected chi connectivity index (χ3v) is 1.55. The smallest absolute Gasteiger partial charge is 0.322 e. The van der Waals surface area contributed by atoms with E-state index in [0.717, 1.165) is 6.07 Å². The minimum atomic E-state index is -0.673. The topological polar surface area (TPSA) is 78.3 Å². The molecule has 2 aromatic heterocycles. The summed E-state index contributed by atoms with van der Waals surface area (Å²) < 4.78 is 19.2. The number of nitrogens with two attached hydrogens (primary N) is 1. The van der Waals surface area contributed by atoms with E-state index in [1.54, 1.807) is 6.92 Å². The molecule has 0 aliphatic heterocycles. The van der Waals surface area contributed by atoms with Crippen molar-refractivity contribution in [3.8, 4) is 6.01 Å². The zero-order valence-corrected chi connectivity index (χ0v) is 7.44. The lowest BCUT2D eigenvalue weighted by Crippen LogP contribution is -2.04. The molecule has 0 atom stereocenters. The fourth-order valence-electron chi connectivity index (χ4n) is 1.08. The Balaban J connectivity index is 2.66. The molecule has 0 fully saturated rings. The van der Waals surface area contributed by atoms with Crippen molar-refractivity contribution in [1.29, 1.82) is 0 Å². The number of hydrogen-bond acceptors (Lipinski definition) is 5. The van der Waals surface area contributed by atoms with Gasteiger partial charge in [0.2, 0.25) is 11.9 Å². The highest BCUT2D eigenvalue weighted by atomic mass is 19.1. The lowest BCUT2D eigenvalue weighted by molar-refractivity contribution is 0.297. The van der Waals surface area contributed by atoms with Crippen LogP contribution >= 0.6 is 0 Å². The predicted octanol–water partition coefficient (Wildman–Crippen LogP) is 0.244. The summed E-state index contributed by atoms with van der Waals surface area (Å²) >= 11 is 0. The number of anilines is 1. The van der Waals surface area contributed by atoms with Crippen molar-refractivity contribution >= 4 is 11.6 Å². The summed E-state index contributed by atoms with van der Waals surface area (Å²) in [6, 6.07) is 1.18. The standard InChI is InChI=1S/C7H8FN5O/c1-2-14-7-10-4(8)3-5-11-6(9)12-13(5)7/h3H,2H2,1H3,(H2,9,12). The molecule has 0 aromatic carbocycles. The van der Waals surface area contributed by atoms with E-state index in [2.05, 4.69) is 15.1 Å². The van der Waals surface area contributed by atoms with Crippen LogP contribution in [0.2, 0.25) is 0 Å². The van der Waals surface area contributed by atoms with Crippen LogP contribution in [0.1, 0.15) is 6.92 Å². The average Bonchev–Trinajstić information content (AvgIpc) is 2.45. The van der Waals surface area contributed by atoms with E-state index in [-0.39, 0.29) is 17.6 Å². The van der Waals surface area contributed by atoms with Gasteiger partial charge in [-0.25, -0.2) is 0 Å². The molecule has 0 saturated carbocycles. The second kappa shape index (κ2) is 3.09. The number of nitrogens with zero attached hydrogens (tertiary/aromatic N) is 4. The summed E-state index contributed by atoms with van der Waals surface area (Å²) in [5.41, 5.74) is 5.63. The van der Waals surface area contributed by atoms with Crippen LogP contribution in [0, 0.1) is 5.95 Å². The Hall–Kier alpha value is -1.92. The summed E-state index contributed by atoms with van der Waals surface area (Å²) in [5.74, 6) is -0.619. The van der Waals surface area contributed by atoms with Gasteiger partial charge in [-0.1, -0.05) is 0 Å². The van der Waals surface area contributed by atoms with Crippen LogP contribution in [0.15, 0.2) is 6.07 Å². The van der Waals surface area contributed by atoms with E-state index < -0.39 is 5.95 Å². The molecule has 14 heavy (non-hydrogen) atoms. The number of ether oxygens (including phenoxy) is 1. The summed E-state index contributed by atoms with van der Waals surface area (Å²) in [4.78, 5) is 7.31. The van der Waals surface area contributed by atoms with Gasteiger partial charge in [-0.05, 0) is 6.92 Å². The lowest BCUT2D eigenvalue weighted by Gasteiger charge is -2.02. The molecule has 2 aromatic rings. The molecule has 6 nitrogen and oxygen atoms in total. The minimum Gasteiger partial charge on any atom is -0.464 e. The largest absolute Gasteiger partial charge is 0.464 e. The molecule has 2 N–H and O–H groups in total. The van der Waals surface area contributed by atoms with E-state index in [9.17, 15) is 4.39 Å². The summed E-state index contributed by atoms with van der Waals surface area (Å²) in [6.45, 7) is 2.13. The fourth-order valence-corrected chi connectivity index (χ4v) is 1.08. The number of hydrogen-bond donors (Lipinski definition) is 1. The van der Waals surface area contributed by atoms with Crippen molar-refractivity contribution in [2.75, 3.05) is 12.3 Å². The monoisotopic (exact) mass is 197 g/mol. The van der Waals surface area contributed by atoms with Crippen molar-refractivity contribution in [3.05, 3.63) is 12.0 Å². The highest BCUT2D eigenvalue weighted by molar-refractivity contribution is 5.42. The van der Waals surface area contributed by atoms with Crippen molar-refractivity contribution in [1.82, 2.24) is 19.6 Å². The molecule has 2 rings (SSSR count). The first-order chi connectivity index (χ1) is 6.70. The fraction of sp³-hybridized carbons (Fsp3) is 0.286. The molecule has 0 unspecified atom stereocenters. The van der Waals surface area contributed by atoms with Crippen LogP contribution in [0.4, 0.5) is 10.3 Å². The van der Waals surface area contributed by atoms with Gasteiger partial charge in [-0.2, -0.15) is 18.9 Å². The van der Waals surface area contributed by atoms with E-state index in [1.165, 1.54) is 4.52 Å². The maximum absolute atomic E-state index is 12.9. The Morgan fingerprint density at radius 2 is 2.36 bits per heavy atom. The highest BCUT2D eigenvalue weighted by Crippen LogP contribution is 2.12. The number of nitrogen functional groups attached to an aromatic ring is 1. The Kier molecular flexibility index (Phi) is 1.91. The molecular weight excluding hydrogens is 189 g/mol. The van der Waals surface area contributed by atoms with Gasteiger partial charge in [0.25, 0.3) is 0 Å². The van der Waals surface area contributed by atoms with Crippen molar-refractivity contribution in [3.63, 3.8) is 0 Å². The molecule has 0 saturated heterocycles. The van der Waals surface area contributed by atoms with E-state index in [0.29, 0.717) is 6.61 Å². The third kappa shape index (κ3) is 1.32. The summed E-state index contributed by atoms with van der Waals surface area (Å²) in [7, 11) is 0. The van der Waals surface area contributed by atoms with Gasteiger partial charge in [-0.15, -0.1) is 5.10 Å². The SMILES string of the molecule is CCOc1nc(F)cc2nc(N)nn12. The first kappa shape index (κ1) is 8.67. The van der Waals surface area contributed by atoms with Crippen molar-refractivity contribution < 1.29 is 9.13 Å². The molecule has 0 aliphatic rings. The Bertz CT molecular complexity index is 468. The highest BCUT2D eigenvalue weighted by Gasteiger charge is 2.09. The number of rotatable bonds is 2. The van der Waals surface area contributed by atoms with Crippen molar-refractivity contribution in [2.45, 2.75) is 6.92 Å². The Morgan fingerprint density at radius 1 is 1.57 bits per heavy atom. The van der Waals surface area contributed by atoms with Crippen molar-refractivity contribution in [2.24, 2.45) is 0 Å². The van der Waals surface area contributed by atoms with E-state index >= 15 is 0 Å². The second-order valence-corrected chi connectivity index (χ2v) is 2.53. The first-order valence-corrected chi connectivity index (χ1v) is 4.02. The molecule has 2 heterocycles. The van der Waals surface area contributed by atoms with Crippen LogP contribution in [0.25, 0.3) is 5.65 Å². The maximum atomic E-state index is 12.9. The number of fused-ring (bicyclic) bond motifs is 1. The number of aromatic nitrogens is 4. The van der Waals surface area contributed by atoms with Gasteiger partial charge in [0.1, 0.15) is 0 Å². The van der Waals surface area contributed by atoms with Crippen LogP contribution in [0.3, 0.4) is 0 Å². The minimum absolute atomic E-state index is 0.0479. The zero-order valence-electron chi connectivity index (χ0n) is 7.44. The Labute approximate surface area is 78.5 Å². The maximum Gasteiger partial charge on any atom is 0.322 e. The third-order valence-electron chi connectivity index (χ3n) is 1.55. The molecule has 0 radical (unpaired) electrons. The first-order valence-electron chi connectivity index (χ1n) is 4.02. The second-order valence-electron chi connectivity index (χ2n) is 2.53. The summed E-state index contributed by atoms with van der Waals surface area (Å²) in [6.07, 6.45) is 0. The average molecular weight is 197 g/mol. The van der Waals surface area contributed by atoms with Gasteiger partial charge in [0, 0.05) is 6.07 Å². The Morgan fingerprint density at radius 3 is 3.07 bits per heavy atom. The molecule has 0 aliphatic carbocycles. The number of halogens is 1.